The predicted molar refractivity (Wildman–Crippen MR) is 69.5 cm³/mol. The highest BCUT2D eigenvalue weighted by atomic mass is 16.6. The van der Waals surface area contributed by atoms with Gasteiger partial charge in [0.2, 0.25) is 0 Å². The average molecular weight is 267 g/mol. The molecule has 0 bridgehead atoms. The van der Waals surface area contributed by atoms with Crippen molar-refractivity contribution in [2.45, 2.75) is 26.7 Å². The Hall–Kier alpha value is -2.11. The third-order valence-corrected chi connectivity index (χ3v) is 2.86. The van der Waals surface area contributed by atoms with Gasteiger partial charge in [0.25, 0.3) is 5.69 Å². The summed E-state index contributed by atoms with van der Waals surface area (Å²) in [5.41, 5.74) is -0.682. The van der Waals surface area contributed by atoms with Crippen LogP contribution in [-0.2, 0) is 4.79 Å². The van der Waals surface area contributed by atoms with Crippen molar-refractivity contribution >= 4 is 11.7 Å². The molecule has 0 aliphatic rings. The van der Waals surface area contributed by atoms with Crippen LogP contribution >= 0.6 is 0 Å². The molecule has 1 rings (SSSR count). The minimum Gasteiger partial charge on any atom is -0.497 e. The van der Waals surface area contributed by atoms with Gasteiger partial charge in [-0.1, -0.05) is 20.8 Å². The lowest BCUT2D eigenvalue weighted by atomic mass is 9.76. The molecule has 6 heteroatoms. The second-order valence-corrected chi connectivity index (χ2v) is 5.32. The molecule has 104 valence electrons. The number of rotatable bonds is 4. The highest BCUT2D eigenvalue weighted by Gasteiger charge is 2.37. The second kappa shape index (κ2) is 5.26. The van der Waals surface area contributed by atoms with Gasteiger partial charge in [-0.15, -0.1) is 0 Å². The molecule has 0 aromatic heterocycles. The van der Waals surface area contributed by atoms with E-state index in [-0.39, 0.29) is 11.3 Å². The molecule has 19 heavy (non-hydrogen) atoms. The number of aliphatic carboxylic acids is 1. The van der Waals surface area contributed by atoms with E-state index in [9.17, 15) is 20.0 Å². The normalized spacial score (nSPS) is 12.8. The molecule has 1 N–H and O–H groups in total. The molecule has 0 heterocycles. The largest absolute Gasteiger partial charge is 0.497 e. The number of nitro benzene ring substituents is 1. The smallest absolute Gasteiger partial charge is 0.311 e. The molecule has 0 amide bonds. The summed E-state index contributed by atoms with van der Waals surface area (Å²) >= 11 is 0. The molecule has 1 unspecified atom stereocenters. The number of nitrogens with zero attached hydrogens (tertiary/aromatic N) is 1. The number of methoxy groups -OCH3 is 1. The topological polar surface area (TPSA) is 89.7 Å². The summed E-state index contributed by atoms with van der Waals surface area (Å²) in [6.45, 7) is 5.21. The van der Waals surface area contributed by atoms with Crippen LogP contribution in [0.4, 0.5) is 5.69 Å². The SMILES string of the molecule is COc1ccc(C(C(=O)O)C(C)(C)C)c([N+](=O)[O-])c1. The molecular weight excluding hydrogens is 250 g/mol. The molecule has 6 nitrogen and oxygen atoms in total. The van der Waals surface area contributed by atoms with Gasteiger partial charge >= 0.3 is 5.97 Å². The van der Waals surface area contributed by atoms with E-state index in [0.29, 0.717) is 5.75 Å². The Morgan fingerprint density at radius 3 is 2.37 bits per heavy atom. The van der Waals surface area contributed by atoms with Crippen LogP contribution in [0.25, 0.3) is 0 Å². The second-order valence-electron chi connectivity index (χ2n) is 5.32. The fourth-order valence-electron chi connectivity index (χ4n) is 2.02. The van der Waals surface area contributed by atoms with Gasteiger partial charge in [-0.3, -0.25) is 14.9 Å². The van der Waals surface area contributed by atoms with Crippen LogP contribution in [0, 0.1) is 15.5 Å². The van der Waals surface area contributed by atoms with Gasteiger partial charge in [0.15, 0.2) is 0 Å². The minimum atomic E-state index is -1.08. The molecule has 0 saturated carbocycles. The molecule has 0 fully saturated rings. The zero-order chi connectivity index (χ0) is 14.8. The maximum atomic E-state index is 11.4. The first kappa shape index (κ1) is 14.9. The molecule has 0 spiro atoms. The number of hydrogen-bond donors (Lipinski definition) is 1. The highest BCUT2D eigenvalue weighted by molar-refractivity contribution is 5.79. The van der Waals surface area contributed by atoms with E-state index in [0.717, 1.165) is 0 Å². The van der Waals surface area contributed by atoms with Crippen molar-refractivity contribution in [1.29, 1.82) is 0 Å². The summed E-state index contributed by atoms with van der Waals surface area (Å²) in [7, 11) is 1.40. The lowest BCUT2D eigenvalue weighted by molar-refractivity contribution is -0.385. The Balaban J connectivity index is 3.47. The van der Waals surface area contributed by atoms with Gasteiger partial charge in [-0.25, -0.2) is 0 Å². The molecule has 1 aromatic carbocycles. The number of benzene rings is 1. The Morgan fingerprint density at radius 2 is 2.00 bits per heavy atom. The summed E-state index contributed by atoms with van der Waals surface area (Å²) in [5.74, 6) is -1.71. The third-order valence-electron chi connectivity index (χ3n) is 2.86. The quantitative estimate of drug-likeness (QED) is 0.669. The molecule has 0 saturated heterocycles. The van der Waals surface area contributed by atoms with E-state index >= 15 is 0 Å². The molecular formula is C13H17NO5. The zero-order valence-corrected chi connectivity index (χ0v) is 11.3. The van der Waals surface area contributed by atoms with Gasteiger partial charge in [0, 0.05) is 5.56 Å². The van der Waals surface area contributed by atoms with Crippen LogP contribution in [0.15, 0.2) is 18.2 Å². The van der Waals surface area contributed by atoms with Crippen molar-refractivity contribution < 1.29 is 19.6 Å². The van der Waals surface area contributed by atoms with E-state index in [1.165, 1.54) is 25.3 Å². The highest BCUT2D eigenvalue weighted by Crippen LogP contribution is 2.40. The molecule has 1 aromatic rings. The number of ether oxygens (including phenoxy) is 1. The van der Waals surface area contributed by atoms with Crippen LogP contribution in [0.3, 0.4) is 0 Å². The Kier molecular flexibility index (Phi) is 4.14. The number of carboxylic acids is 1. The van der Waals surface area contributed by atoms with Gasteiger partial charge in [0.1, 0.15) is 5.75 Å². The lowest BCUT2D eigenvalue weighted by Crippen LogP contribution is -2.27. The lowest BCUT2D eigenvalue weighted by Gasteiger charge is -2.27. The monoisotopic (exact) mass is 267 g/mol. The summed E-state index contributed by atoms with van der Waals surface area (Å²) in [6, 6.07) is 4.22. The van der Waals surface area contributed by atoms with Gasteiger partial charge in [-0.05, 0) is 17.5 Å². The number of nitro groups is 1. The molecule has 0 aliphatic carbocycles. The van der Waals surface area contributed by atoms with Crippen LogP contribution in [0.2, 0.25) is 0 Å². The Labute approximate surface area is 111 Å². The van der Waals surface area contributed by atoms with Gasteiger partial charge in [0.05, 0.1) is 24.0 Å². The summed E-state index contributed by atoms with van der Waals surface area (Å²) < 4.78 is 4.93. The van der Waals surface area contributed by atoms with Crippen molar-refractivity contribution in [3.8, 4) is 5.75 Å². The number of carboxylic acid groups (broad SMARTS) is 1. The number of carbonyl (C=O) groups is 1. The van der Waals surface area contributed by atoms with Crippen molar-refractivity contribution in [3.05, 3.63) is 33.9 Å². The summed E-state index contributed by atoms with van der Waals surface area (Å²) in [5, 5.41) is 20.4. The number of hydrogen-bond acceptors (Lipinski definition) is 4. The van der Waals surface area contributed by atoms with E-state index < -0.39 is 22.2 Å². The van der Waals surface area contributed by atoms with Crippen molar-refractivity contribution in [3.63, 3.8) is 0 Å². The standard InChI is InChI=1S/C13H17NO5/c1-13(2,3)11(12(15)16)9-6-5-8(19-4)7-10(9)14(17)18/h5-7,11H,1-4H3,(H,15,16). The summed E-state index contributed by atoms with van der Waals surface area (Å²) in [4.78, 5) is 21.9. The van der Waals surface area contributed by atoms with Crippen molar-refractivity contribution in [2.75, 3.05) is 7.11 Å². The molecule has 1 atom stereocenters. The fourth-order valence-corrected chi connectivity index (χ4v) is 2.02. The van der Waals surface area contributed by atoms with E-state index in [2.05, 4.69) is 0 Å². The van der Waals surface area contributed by atoms with Crippen LogP contribution in [0.5, 0.6) is 5.75 Å². The predicted octanol–water partition coefficient (Wildman–Crippen LogP) is 2.82. The van der Waals surface area contributed by atoms with Gasteiger partial charge in [-0.2, -0.15) is 0 Å². The van der Waals surface area contributed by atoms with Crippen molar-refractivity contribution in [2.24, 2.45) is 5.41 Å². The Bertz CT molecular complexity index is 504. The molecule has 0 radical (unpaired) electrons. The van der Waals surface area contributed by atoms with Crippen LogP contribution in [-0.4, -0.2) is 23.1 Å². The van der Waals surface area contributed by atoms with E-state index in [4.69, 9.17) is 4.74 Å². The fraction of sp³-hybridized carbons (Fsp3) is 0.462. The summed E-state index contributed by atoms with van der Waals surface area (Å²) in [6.07, 6.45) is 0. The first-order valence-electron chi connectivity index (χ1n) is 5.73. The third kappa shape index (κ3) is 3.21. The molecule has 0 aliphatic heterocycles. The van der Waals surface area contributed by atoms with Crippen molar-refractivity contribution in [1.82, 2.24) is 0 Å². The Morgan fingerprint density at radius 1 is 1.42 bits per heavy atom. The van der Waals surface area contributed by atoms with Gasteiger partial charge < -0.3 is 9.84 Å². The minimum absolute atomic E-state index is 0.186. The average Bonchev–Trinajstić information content (AvgIpc) is 2.26. The van der Waals surface area contributed by atoms with Crippen LogP contribution < -0.4 is 4.74 Å². The maximum Gasteiger partial charge on any atom is 0.311 e. The first-order valence-corrected chi connectivity index (χ1v) is 5.73. The zero-order valence-electron chi connectivity index (χ0n) is 11.3. The van der Waals surface area contributed by atoms with E-state index in [1.807, 2.05) is 0 Å². The van der Waals surface area contributed by atoms with Crippen LogP contribution in [0.1, 0.15) is 32.3 Å². The first-order chi connectivity index (χ1) is 8.68. The van der Waals surface area contributed by atoms with E-state index in [1.54, 1.807) is 20.8 Å². The maximum absolute atomic E-state index is 11.4.